The lowest BCUT2D eigenvalue weighted by Crippen LogP contribution is -2.41. The first-order chi connectivity index (χ1) is 15.0. The van der Waals surface area contributed by atoms with E-state index in [1.165, 1.54) is 10.7 Å². The molecule has 1 saturated carbocycles. The van der Waals surface area contributed by atoms with Gasteiger partial charge in [0.15, 0.2) is 0 Å². The SMILES string of the molecule is Cc1ncc(C(=O)NC2CCCCC2)c([C@@H]2CCCCN2S(=O)(=O)c2ccccc2)n1. The lowest BCUT2D eigenvalue weighted by Gasteiger charge is -2.35. The maximum absolute atomic E-state index is 13.4. The van der Waals surface area contributed by atoms with Crippen LogP contribution in [0.1, 0.15) is 79.3 Å². The van der Waals surface area contributed by atoms with Crippen LogP contribution in [0.25, 0.3) is 0 Å². The maximum atomic E-state index is 13.4. The summed E-state index contributed by atoms with van der Waals surface area (Å²) in [6.07, 6.45) is 9.26. The average Bonchev–Trinajstić information content (AvgIpc) is 2.80. The number of piperidine rings is 1. The second-order valence-corrected chi connectivity index (χ2v) is 10.4. The van der Waals surface area contributed by atoms with Crippen LogP contribution in [0.2, 0.25) is 0 Å². The molecule has 1 aromatic carbocycles. The molecule has 4 rings (SSSR count). The van der Waals surface area contributed by atoms with Crippen LogP contribution in [-0.2, 0) is 10.0 Å². The fourth-order valence-corrected chi connectivity index (χ4v) is 6.30. The van der Waals surface area contributed by atoms with E-state index < -0.39 is 16.1 Å². The van der Waals surface area contributed by atoms with Crippen LogP contribution in [-0.4, -0.2) is 41.2 Å². The standard InChI is InChI=1S/C23H30N4O3S/c1-17-24-16-20(23(28)26-18-10-4-2-5-11-18)22(25-17)21-14-8-9-15-27(21)31(29,30)19-12-6-3-7-13-19/h3,6-7,12-13,16,18,21H,2,4-5,8-11,14-15H2,1H3,(H,26,28)/t21-/m0/s1. The predicted molar refractivity (Wildman–Crippen MR) is 118 cm³/mol. The first kappa shape index (κ1) is 21.9. The molecular weight excluding hydrogens is 412 g/mol. The maximum Gasteiger partial charge on any atom is 0.254 e. The third kappa shape index (κ3) is 4.80. The summed E-state index contributed by atoms with van der Waals surface area (Å²) in [6, 6.07) is 8.16. The lowest BCUT2D eigenvalue weighted by atomic mass is 9.94. The van der Waals surface area contributed by atoms with Gasteiger partial charge in [0, 0.05) is 18.8 Å². The van der Waals surface area contributed by atoms with Gasteiger partial charge in [-0.2, -0.15) is 4.31 Å². The van der Waals surface area contributed by atoms with Crippen molar-refractivity contribution in [2.24, 2.45) is 0 Å². The van der Waals surface area contributed by atoms with Crippen molar-refractivity contribution >= 4 is 15.9 Å². The molecule has 0 unspecified atom stereocenters. The summed E-state index contributed by atoms with van der Waals surface area (Å²) in [5.41, 5.74) is 0.899. The second kappa shape index (κ2) is 9.44. The van der Waals surface area contributed by atoms with Gasteiger partial charge in [-0.25, -0.2) is 18.4 Å². The molecule has 1 amide bonds. The summed E-state index contributed by atoms with van der Waals surface area (Å²) in [5.74, 6) is 0.330. The third-order valence-corrected chi connectivity index (χ3v) is 8.17. The van der Waals surface area contributed by atoms with Gasteiger partial charge < -0.3 is 5.32 Å². The number of aromatic nitrogens is 2. The minimum atomic E-state index is -3.70. The van der Waals surface area contributed by atoms with Crippen LogP contribution < -0.4 is 5.32 Å². The highest BCUT2D eigenvalue weighted by molar-refractivity contribution is 7.89. The Balaban J connectivity index is 1.68. The highest BCUT2D eigenvalue weighted by Gasteiger charge is 2.37. The van der Waals surface area contributed by atoms with Gasteiger partial charge in [-0.15, -0.1) is 0 Å². The Morgan fingerprint density at radius 3 is 2.48 bits per heavy atom. The Labute approximate surface area is 184 Å². The number of amides is 1. The molecular formula is C23H30N4O3S. The van der Waals surface area contributed by atoms with E-state index in [1.54, 1.807) is 43.5 Å². The monoisotopic (exact) mass is 442 g/mol. The van der Waals surface area contributed by atoms with Crippen LogP contribution in [0.4, 0.5) is 0 Å². The van der Waals surface area contributed by atoms with E-state index in [4.69, 9.17) is 0 Å². The van der Waals surface area contributed by atoms with Crippen molar-refractivity contribution in [3.63, 3.8) is 0 Å². The molecule has 0 bridgehead atoms. The zero-order valence-corrected chi connectivity index (χ0v) is 18.8. The highest BCUT2D eigenvalue weighted by atomic mass is 32.2. The zero-order valence-electron chi connectivity index (χ0n) is 18.0. The van der Waals surface area contributed by atoms with Gasteiger partial charge in [-0.1, -0.05) is 43.9 Å². The fraction of sp³-hybridized carbons (Fsp3) is 0.522. The first-order valence-corrected chi connectivity index (χ1v) is 12.6. The van der Waals surface area contributed by atoms with Crippen LogP contribution in [0, 0.1) is 6.92 Å². The molecule has 1 aliphatic heterocycles. The number of hydrogen-bond acceptors (Lipinski definition) is 5. The molecule has 1 aromatic heterocycles. The zero-order chi connectivity index (χ0) is 21.8. The van der Waals surface area contributed by atoms with E-state index >= 15 is 0 Å². The molecule has 0 spiro atoms. The summed E-state index contributed by atoms with van der Waals surface area (Å²) in [7, 11) is -3.70. The summed E-state index contributed by atoms with van der Waals surface area (Å²) in [6.45, 7) is 2.18. The number of hydrogen-bond donors (Lipinski definition) is 1. The summed E-state index contributed by atoms with van der Waals surface area (Å²) >= 11 is 0. The van der Waals surface area contributed by atoms with Gasteiger partial charge in [0.05, 0.1) is 22.2 Å². The number of aryl methyl sites for hydroxylation is 1. The Hall–Kier alpha value is -2.32. The average molecular weight is 443 g/mol. The molecule has 2 aromatic rings. The van der Waals surface area contributed by atoms with E-state index in [0.29, 0.717) is 30.0 Å². The second-order valence-electron chi connectivity index (χ2n) is 8.46. The fourth-order valence-electron chi connectivity index (χ4n) is 4.62. The molecule has 166 valence electrons. The van der Waals surface area contributed by atoms with Crippen molar-refractivity contribution in [1.82, 2.24) is 19.6 Å². The summed E-state index contributed by atoms with van der Waals surface area (Å²) < 4.78 is 28.4. The van der Waals surface area contributed by atoms with Crippen LogP contribution >= 0.6 is 0 Å². The predicted octanol–water partition coefficient (Wildman–Crippen LogP) is 3.76. The van der Waals surface area contributed by atoms with E-state index in [-0.39, 0.29) is 16.8 Å². The van der Waals surface area contributed by atoms with Crippen molar-refractivity contribution in [2.75, 3.05) is 6.54 Å². The van der Waals surface area contributed by atoms with E-state index in [1.807, 2.05) is 0 Å². The van der Waals surface area contributed by atoms with Gasteiger partial charge in [-0.05, 0) is 44.7 Å². The van der Waals surface area contributed by atoms with E-state index in [9.17, 15) is 13.2 Å². The van der Waals surface area contributed by atoms with E-state index in [2.05, 4.69) is 15.3 Å². The first-order valence-electron chi connectivity index (χ1n) is 11.2. The molecule has 2 aliphatic rings. The van der Waals surface area contributed by atoms with Gasteiger partial charge in [0.25, 0.3) is 5.91 Å². The third-order valence-electron chi connectivity index (χ3n) is 6.24. The van der Waals surface area contributed by atoms with Gasteiger partial charge in [0.1, 0.15) is 5.82 Å². The van der Waals surface area contributed by atoms with Gasteiger partial charge in [0.2, 0.25) is 10.0 Å². The number of benzene rings is 1. The molecule has 7 nitrogen and oxygen atoms in total. The number of sulfonamides is 1. The molecule has 1 saturated heterocycles. The van der Waals surface area contributed by atoms with Crippen molar-refractivity contribution in [1.29, 1.82) is 0 Å². The molecule has 0 radical (unpaired) electrons. The largest absolute Gasteiger partial charge is 0.349 e. The summed E-state index contributed by atoms with van der Waals surface area (Å²) in [4.78, 5) is 22.3. The number of carbonyl (C=O) groups excluding carboxylic acids is 1. The van der Waals surface area contributed by atoms with Crippen LogP contribution in [0.15, 0.2) is 41.4 Å². The molecule has 1 N–H and O–H groups in total. The minimum absolute atomic E-state index is 0.158. The normalized spacial score (nSPS) is 21.0. The Morgan fingerprint density at radius 1 is 1.03 bits per heavy atom. The number of nitrogens with zero attached hydrogens (tertiary/aromatic N) is 3. The molecule has 31 heavy (non-hydrogen) atoms. The molecule has 1 atom stereocenters. The van der Waals surface area contributed by atoms with Crippen molar-refractivity contribution in [3.05, 3.63) is 53.6 Å². The number of nitrogens with one attached hydrogen (secondary N) is 1. The molecule has 8 heteroatoms. The minimum Gasteiger partial charge on any atom is -0.349 e. The van der Waals surface area contributed by atoms with Crippen LogP contribution in [0.5, 0.6) is 0 Å². The van der Waals surface area contributed by atoms with Crippen LogP contribution in [0.3, 0.4) is 0 Å². The number of carbonyl (C=O) groups is 1. The van der Waals surface area contributed by atoms with Crippen molar-refractivity contribution in [3.8, 4) is 0 Å². The number of rotatable bonds is 5. The smallest absolute Gasteiger partial charge is 0.254 e. The quantitative estimate of drug-likeness (QED) is 0.761. The molecule has 1 aliphatic carbocycles. The topological polar surface area (TPSA) is 92.3 Å². The van der Waals surface area contributed by atoms with Crippen molar-refractivity contribution < 1.29 is 13.2 Å². The molecule has 2 heterocycles. The Kier molecular flexibility index (Phi) is 6.67. The Bertz CT molecular complexity index is 1020. The van der Waals surface area contributed by atoms with Crippen molar-refractivity contribution in [2.45, 2.75) is 75.3 Å². The van der Waals surface area contributed by atoms with E-state index in [0.717, 1.165) is 38.5 Å². The lowest BCUT2D eigenvalue weighted by molar-refractivity contribution is 0.0923. The highest BCUT2D eigenvalue weighted by Crippen LogP contribution is 2.36. The summed E-state index contributed by atoms with van der Waals surface area (Å²) in [5, 5.41) is 3.13. The van der Waals surface area contributed by atoms with Gasteiger partial charge in [-0.3, -0.25) is 4.79 Å². The Morgan fingerprint density at radius 2 is 1.74 bits per heavy atom. The van der Waals surface area contributed by atoms with Gasteiger partial charge >= 0.3 is 0 Å². The molecule has 2 fully saturated rings.